The Morgan fingerprint density at radius 2 is 2.16 bits per heavy atom. The quantitative estimate of drug-likeness (QED) is 0.543. The fraction of sp³-hybridized carbons (Fsp3) is 0.500. The largest absolute Gasteiger partial charge is 0.465 e. The number of alkyl halides is 4. The van der Waals surface area contributed by atoms with Crippen LogP contribution in [0.2, 0.25) is 0 Å². The molecule has 25 heavy (non-hydrogen) atoms. The van der Waals surface area contributed by atoms with Crippen LogP contribution in [0.15, 0.2) is 12.1 Å². The lowest BCUT2D eigenvalue weighted by Gasteiger charge is -2.15. The number of benzene rings is 1. The molecule has 0 aliphatic heterocycles. The van der Waals surface area contributed by atoms with Gasteiger partial charge in [0.25, 0.3) is 0 Å². The van der Waals surface area contributed by atoms with Crippen molar-refractivity contribution in [2.45, 2.75) is 31.9 Å². The number of rotatable bonds is 7. The number of hydrogen-bond donors (Lipinski definition) is 0. The maximum absolute atomic E-state index is 13.3. The smallest absolute Gasteiger partial charge is 0.387 e. The van der Waals surface area contributed by atoms with E-state index >= 15 is 0 Å². The zero-order valence-electron chi connectivity index (χ0n) is 13.4. The molecule has 0 amide bonds. The molecule has 5 nitrogen and oxygen atoms in total. The van der Waals surface area contributed by atoms with Gasteiger partial charge in [-0.1, -0.05) is 0 Å². The van der Waals surface area contributed by atoms with Crippen LogP contribution in [0.4, 0.5) is 13.2 Å². The summed E-state index contributed by atoms with van der Waals surface area (Å²) in [5, 5.41) is 0. The second-order valence-corrected chi connectivity index (χ2v) is 6.36. The summed E-state index contributed by atoms with van der Waals surface area (Å²) >= 11 is 5.93. The second kappa shape index (κ2) is 6.74. The SMILES string of the molecule is COC(=O)c1cc(OC(F)F)c2nc(CCl)n(CC3(CF)CC3)c2c1. The van der Waals surface area contributed by atoms with Crippen molar-refractivity contribution in [3.05, 3.63) is 23.5 Å². The van der Waals surface area contributed by atoms with Crippen LogP contribution in [0.3, 0.4) is 0 Å². The van der Waals surface area contributed by atoms with Crippen molar-refractivity contribution in [1.29, 1.82) is 0 Å². The van der Waals surface area contributed by atoms with Crippen molar-refractivity contribution in [2.24, 2.45) is 5.41 Å². The number of ether oxygens (including phenoxy) is 2. The Labute approximate surface area is 146 Å². The van der Waals surface area contributed by atoms with Crippen LogP contribution in [0.1, 0.15) is 29.0 Å². The molecule has 1 heterocycles. The number of imidazole rings is 1. The Morgan fingerprint density at radius 1 is 1.44 bits per heavy atom. The van der Waals surface area contributed by atoms with Gasteiger partial charge in [-0.05, 0) is 25.0 Å². The van der Waals surface area contributed by atoms with E-state index < -0.39 is 24.7 Å². The van der Waals surface area contributed by atoms with Crippen molar-refractivity contribution in [3.8, 4) is 5.75 Å². The highest BCUT2D eigenvalue weighted by molar-refractivity contribution is 6.17. The number of hydrogen-bond acceptors (Lipinski definition) is 4. The zero-order valence-corrected chi connectivity index (χ0v) is 14.2. The van der Waals surface area contributed by atoms with Gasteiger partial charge in [-0.2, -0.15) is 8.78 Å². The Hall–Kier alpha value is -1.96. The average Bonchev–Trinajstić information content (AvgIpc) is 3.29. The number of carbonyl (C=O) groups is 1. The minimum Gasteiger partial charge on any atom is -0.465 e. The normalized spacial score (nSPS) is 15.6. The fourth-order valence-corrected chi connectivity index (χ4v) is 2.99. The zero-order chi connectivity index (χ0) is 18.2. The summed E-state index contributed by atoms with van der Waals surface area (Å²) < 4.78 is 49.6. The predicted octanol–water partition coefficient (Wildman–Crippen LogP) is 3.91. The molecule has 0 radical (unpaired) electrons. The van der Waals surface area contributed by atoms with Crippen LogP contribution in [0, 0.1) is 5.41 Å². The molecule has 0 saturated heterocycles. The highest BCUT2D eigenvalue weighted by atomic mass is 35.5. The van der Waals surface area contributed by atoms with E-state index in [1.165, 1.54) is 13.2 Å². The van der Waals surface area contributed by atoms with Crippen LogP contribution in [0.5, 0.6) is 5.75 Å². The van der Waals surface area contributed by atoms with Gasteiger partial charge < -0.3 is 14.0 Å². The molecule has 136 valence electrons. The molecular formula is C16H16ClF3N2O3. The molecule has 1 fully saturated rings. The molecule has 1 saturated carbocycles. The Morgan fingerprint density at radius 3 is 2.68 bits per heavy atom. The summed E-state index contributed by atoms with van der Waals surface area (Å²) in [5.41, 5.74) is 0.0876. The lowest BCUT2D eigenvalue weighted by Crippen LogP contribution is -2.15. The molecular weight excluding hydrogens is 361 g/mol. The first kappa shape index (κ1) is 17.8. The van der Waals surface area contributed by atoms with Crippen LogP contribution >= 0.6 is 11.6 Å². The van der Waals surface area contributed by atoms with Crippen molar-refractivity contribution < 1.29 is 27.4 Å². The highest BCUT2D eigenvalue weighted by Gasteiger charge is 2.44. The molecule has 0 atom stereocenters. The van der Waals surface area contributed by atoms with Crippen molar-refractivity contribution >= 4 is 28.6 Å². The Kier molecular flexibility index (Phi) is 4.81. The summed E-state index contributed by atoms with van der Waals surface area (Å²) in [7, 11) is 1.18. The van der Waals surface area contributed by atoms with E-state index in [2.05, 4.69) is 14.5 Å². The van der Waals surface area contributed by atoms with Gasteiger partial charge in [0.2, 0.25) is 0 Å². The number of carbonyl (C=O) groups excluding carboxylic acids is 1. The van der Waals surface area contributed by atoms with Crippen LogP contribution < -0.4 is 4.74 Å². The van der Waals surface area contributed by atoms with Gasteiger partial charge >= 0.3 is 12.6 Å². The van der Waals surface area contributed by atoms with Gasteiger partial charge in [-0.3, -0.25) is 4.39 Å². The summed E-state index contributed by atoms with van der Waals surface area (Å²) in [6.07, 6.45) is 1.45. The van der Waals surface area contributed by atoms with Crippen molar-refractivity contribution in [1.82, 2.24) is 9.55 Å². The van der Waals surface area contributed by atoms with Crippen molar-refractivity contribution in [3.63, 3.8) is 0 Å². The van der Waals surface area contributed by atoms with E-state index in [0.29, 0.717) is 17.9 Å². The fourth-order valence-electron chi connectivity index (χ4n) is 2.79. The third kappa shape index (κ3) is 3.40. The average molecular weight is 377 g/mol. The van der Waals surface area contributed by atoms with E-state index in [9.17, 15) is 18.0 Å². The molecule has 0 spiro atoms. The molecule has 1 aromatic carbocycles. The van der Waals surface area contributed by atoms with Crippen LogP contribution in [-0.2, 0) is 17.2 Å². The molecule has 1 aliphatic carbocycles. The van der Waals surface area contributed by atoms with E-state index in [4.69, 9.17) is 11.6 Å². The Bertz CT molecular complexity index is 806. The molecule has 0 unspecified atom stereocenters. The highest BCUT2D eigenvalue weighted by Crippen LogP contribution is 2.48. The van der Waals surface area contributed by atoms with Gasteiger partial charge in [0.15, 0.2) is 5.75 Å². The number of methoxy groups -OCH3 is 1. The van der Waals surface area contributed by atoms with Crippen molar-refractivity contribution in [2.75, 3.05) is 13.8 Å². The first-order valence-corrected chi connectivity index (χ1v) is 8.14. The third-order valence-electron chi connectivity index (χ3n) is 4.39. The molecule has 1 aliphatic rings. The van der Waals surface area contributed by atoms with E-state index in [0.717, 1.165) is 18.9 Å². The summed E-state index contributed by atoms with van der Waals surface area (Å²) in [6, 6.07) is 2.62. The van der Waals surface area contributed by atoms with Gasteiger partial charge in [0, 0.05) is 12.0 Å². The maximum atomic E-state index is 13.3. The van der Waals surface area contributed by atoms with Gasteiger partial charge in [0.1, 0.15) is 11.3 Å². The minimum absolute atomic E-state index is 0.0126. The predicted molar refractivity (Wildman–Crippen MR) is 84.9 cm³/mol. The van der Waals surface area contributed by atoms with E-state index in [-0.39, 0.29) is 22.7 Å². The number of halogens is 4. The van der Waals surface area contributed by atoms with E-state index in [1.54, 1.807) is 4.57 Å². The lowest BCUT2D eigenvalue weighted by molar-refractivity contribution is -0.0489. The first-order valence-electron chi connectivity index (χ1n) is 7.61. The molecule has 0 N–H and O–H groups in total. The van der Waals surface area contributed by atoms with E-state index in [1.807, 2.05) is 0 Å². The minimum atomic E-state index is -3.08. The van der Waals surface area contributed by atoms with Gasteiger partial charge in [0.05, 0.1) is 30.7 Å². The number of aromatic nitrogens is 2. The lowest BCUT2D eigenvalue weighted by atomic mass is 10.1. The summed E-state index contributed by atoms with van der Waals surface area (Å²) in [6.45, 7) is -3.27. The number of esters is 1. The molecule has 9 heteroatoms. The standard InChI is InChI=1S/C16H16ClF3N2O3/c1-24-14(23)9-4-10-13(11(5-9)25-15(19)20)21-12(6-17)22(10)8-16(7-18)2-3-16/h4-5,15H,2-3,6-8H2,1H3. The topological polar surface area (TPSA) is 53.4 Å². The number of fused-ring (bicyclic) bond motifs is 1. The number of nitrogens with zero attached hydrogens (tertiary/aromatic N) is 2. The molecule has 3 rings (SSSR count). The Balaban J connectivity index is 2.18. The first-order chi connectivity index (χ1) is 11.9. The van der Waals surface area contributed by atoms with Crippen LogP contribution in [-0.4, -0.2) is 35.9 Å². The summed E-state index contributed by atoms with van der Waals surface area (Å²) in [5.74, 6) is -0.535. The maximum Gasteiger partial charge on any atom is 0.387 e. The molecule has 0 bridgehead atoms. The summed E-state index contributed by atoms with van der Waals surface area (Å²) in [4.78, 5) is 16.1. The van der Waals surface area contributed by atoms with Gasteiger partial charge in [-0.25, -0.2) is 9.78 Å². The monoisotopic (exact) mass is 376 g/mol. The van der Waals surface area contributed by atoms with Gasteiger partial charge in [-0.15, -0.1) is 11.6 Å². The molecule has 1 aromatic heterocycles. The molecule has 2 aromatic rings. The van der Waals surface area contributed by atoms with Crippen LogP contribution in [0.25, 0.3) is 11.0 Å². The second-order valence-electron chi connectivity index (χ2n) is 6.09. The third-order valence-corrected chi connectivity index (χ3v) is 4.63.